The van der Waals surface area contributed by atoms with Gasteiger partial charge >= 0.3 is 0 Å². The van der Waals surface area contributed by atoms with Crippen molar-refractivity contribution in [3.8, 4) is 11.5 Å². The number of amides is 1. The molecule has 0 aromatic heterocycles. The van der Waals surface area contributed by atoms with Gasteiger partial charge in [0, 0.05) is 13.7 Å². The second kappa shape index (κ2) is 11.1. The molecule has 32 heavy (non-hydrogen) atoms. The van der Waals surface area contributed by atoms with Crippen LogP contribution in [0.15, 0.2) is 78.9 Å². The number of benzene rings is 3. The van der Waals surface area contributed by atoms with Crippen LogP contribution in [0, 0.1) is 0 Å². The van der Waals surface area contributed by atoms with Crippen molar-refractivity contribution in [3.05, 3.63) is 95.6 Å². The van der Waals surface area contributed by atoms with Crippen LogP contribution in [0.5, 0.6) is 11.5 Å². The maximum Gasteiger partial charge on any atom is 0.233 e. The first-order valence-electron chi connectivity index (χ1n) is 10.6. The quantitative estimate of drug-likeness (QED) is 0.433. The lowest BCUT2D eigenvalue weighted by molar-refractivity contribution is -0.128. The molecule has 1 saturated heterocycles. The molecule has 1 aliphatic rings. The number of methoxy groups -OCH3 is 1. The predicted molar refractivity (Wildman–Crippen MR) is 127 cm³/mol. The third-order valence-electron chi connectivity index (χ3n) is 5.23. The van der Waals surface area contributed by atoms with Crippen molar-refractivity contribution < 1.29 is 19.0 Å². The first kappa shape index (κ1) is 22.2. The summed E-state index contributed by atoms with van der Waals surface area (Å²) in [7, 11) is 1.65. The van der Waals surface area contributed by atoms with Gasteiger partial charge in [-0.25, -0.2) is 0 Å². The van der Waals surface area contributed by atoms with Gasteiger partial charge in [-0.1, -0.05) is 66.7 Å². The first-order chi connectivity index (χ1) is 15.7. The largest absolute Gasteiger partial charge is 0.485 e. The van der Waals surface area contributed by atoms with Gasteiger partial charge in [-0.05, 0) is 28.8 Å². The number of rotatable bonds is 10. The molecule has 0 bridgehead atoms. The van der Waals surface area contributed by atoms with Crippen molar-refractivity contribution in [2.45, 2.75) is 18.6 Å². The molecule has 1 fully saturated rings. The molecule has 0 aliphatic carbocycles. The Hall–Kier alpha value is -2.96. The van der Waals surface area contributed by atoms with Crippen molar-refractivity contribution in [1.29, 1.82) is 0 Å². The topological polar surface area (TPSA) is 48.0 Å². The molecule has 3 aromatic carbocycles. The van der Waals surface area contributed by atoms with Crippen LogP contribution in [-0.4, -0.2) is 36.8 Å². The van der Waals surface area contributed by atoms with Crippen LogP contribution >= 0.6 is 11.8 Å². The van der Waals surface area contributed by atoms with E-state index in [1.54, 1.807) is 18.9 Å². The van der Waals surface area contributed by atoms with Gasteiger partial charge in [0.25, 0.3) is 0 Å². The number of thioether (sulfide) groups is 1. The van der Waals surface area contributed by atoms with Crippen LogP contribution in [0.25, 0.3) is 0 Å². The van der Waals surface area contributed by atoms with Gasteiger partial charge in [-0.3, -0.25) is 4.79 Å². The third-order valence-corrected chi connectivity index (χ3v) is 6.49. The van der Waals surface area contributed by atoms with E-state index < -0.39 is 0 Å². The molecule has 0 unspecified atom stereocenters. The van der Waals surface area contributed by atoms with E-state index in [4.69, 9.17) is 14.2 Å². The minimum absolute atomic E-state index is 0.0556. The molecule has 0 saturated carbocycles. The van der Waals surface area contributed by atoms with E-state index >= 15 is 0 Å². The first-order valence-corrected chi connectivity index (χ1v) is 11.7. The number of carbonyl (C=O) groups excluding carboxylic acids is 1. The maximum absolute atomic E-state index is 12.4. The summed E-state index contributed by atoms with van der Waals surface area (Å²) in [5.74, 6) is 1.97. The van der Waals surface area contributed by atoms with Crippen LogP contribution < -0.4 is 9.47 Å². The predicted octanol–water partition coefficient (Wildman–Crippen LogP) is 5.07. The fourth-order valence-corrected chi connectivity index (χ4v) is 4.75. The smallest absolute Gasteiger partial charge is 0.233 e. The van der Waals surface area contributed by atoms with Gasteiger partial charge in [0.15, 0.2) is 11.5 Å². The van der Waals surface area contributed by atoms with E-state index in [1.807, 2.05) is 83.8 Å². The Balaban J connectivity index is 1.56. The van der Waals surface area contributed by atoms with Crippen molar-refractivity contribution in [3.63, 3.8) is 0 Å². The van der Waals surface area contributed by atoms with Crippen molar-refractivity contribution in [2.24, 2.45) is 0 Å². The van der Waals surface area contributed by atoms with Crippen LogP contribution in [0.2, 0.25) is 0 Å². The van der Waals surface area contributed by atoms with E-state index in [0.717, 1.165) is 16.7 Å². The van der Waals surface area contributed by atoms with Crippen LogP contribution in [0.3, 0.4) is 0 Å². The second-order valence-electron chi connectivity index (χ2n) is 7.50. The second-order valence-corrected chi connectivity index (χ2v) is 8.57. The maximum atomic E-state index is 12.4. The highest BCUT2D eigenvalue weighted by molar-refractivity contribution is 8.00. The van der Waals surface area contributed by atoms with Gasteiger partial charge in [0.2, 0.25) is 5.91 Å². The van der Waals surface area contributed by atoms with E-state index in [0.29, 0.717) is 43.6 Å². The third kappa shape index (κ3) is 5.64. The molecule has 1 heterocycles. The fraction of sp³-hybridized carbons (Fsp3) is 0.269. The SMILES string of the molecule is COCCN1C(=O)CS[C@@H]1c1ccc(OCc2ccccc2)c(OCc2ccccc2)c1. The van der Waals surface area contributed by atoms with Crippen LogP contribution in [0.1, 0.15) is 22.1 Å². The van der Waals surface area contributed by atoms with Crippen molar-refractivity contribution in [2.75, 3.05) is 26.0 Å². The molecular weight excluding hydrogens is 422 g/mol. The molecular formula is C26H27NO4S. The van der Waals surface area contributed by atoms with Gasteiger partial charge in [-0.15, -0.1) is 11.8 Å². The van der Waals surface area contributed by atoms with Crippen molar-refractivity contribution >= 4 is 17.7 Å². The molecule has 3 aromatic rings. The van der Waals surface area contributed by atoms with Gasteiger partial charge in [0.1, 0.15) is 18.6 Å². The minimum atomic E-state index is -0.0556. The average molecular weight is 450 g/mol. The van der Waals surface area contributed by atoms with Crippen LogP contribution in [0.4, 0.5) is 0 Å². The lowest BCUT2D eigenvalue weighted by atomic mass is 10.1. The minimum Gasteiger partial charge on any atom is -0.485 e. The highest BCUT2D eigenvalue weighted by atomic mass is 32.2. The number of hydrogen-bond donors (Lipinski definition) is 0. The molecule has 4 rings (SSSR count). The summed E-state index contributed by atoms with van der Waals surface area (Å²) in [5, 5.41) is -0.0556. The Morgan fingerprint density at radius 1 is 0.875 bits per heavy atom. The zero-order valence-electron chi connectivity index (χ0n) is 18.1. The Bertz CT molecular complexity index is 1010. The Labute approximate surface area is 193 Å². The molecule has 0 spiro atoms. The average Bonchev–Trinajstić information content (AvgIpc) is 3.21. The summed E-state index contributed by atoms with van der Waals surface area (Å²) in [6.45, 7) is 1.98. The molecule has 1 amide bonds. The number of hydrogen-bond acceptors (Lipinski definition) is 5. The summed E-state index contributed by atoms with van der Waals surface area (Å²) in [6.07, 6.45) is 0. The molecule has 0 N–H and O–H groups in total. The van der Waals surface area contributed by atoms with E-state index in [1.165, 1.54) is 0 Å². The molecule has 1 atom stereocenters. The van der Waals surface area contributed by atoms with Crippen LogP contribution in [-0.2, 0) is 22.7 Å². The normalized spacial score (nSPS) is 15.7. The molecule has 5 nitrogen and oxygen atoms in total. The van der Waals surface area contributed by atoms with E-state index in [-0.39, 0.29) is 11.3 Å². The van der Waals surface area contributed by atoms with E-state index in [9.17, 15) is 4.79 Å². The Kier molecular flexibility index (Phi) is 7.69. The van der Waals surface area contributed by atoms with Crippen molar-refractivity contribution in [1.82, 2.24) is 4.90 Å². The zero-order chi connectivity index (χ0) is 22.2. The standard InChI is InChI=1S/C26H27NO4S/c1-29-15-14-27-25(28)19-32-26(27)22-12-13-23(30-17-20-8-4-2-5-9-20)24(16-22)31-18-21-10-6-3-7-11-21/h2-13,16,26H,14-15,17-19H2,1H3/t26-/m1/s1. The highest BCUT2D eigenvalue weighted by Crippen LogP contribution is 2.41. The molecule has 166 valence electrons. The number of nitrogens with zero attached hydrogens (tertiary/aromatic N) is 1. The Morgan fingerprint density at radius 3 is 2.12 bits per heavy atom. The zero-order valence-corrected chi connectivity index (χ0v) is 18.9. The van der Waals surface area contributed by atoms with Gasteiger partial charge in [-0.2, -0.15) is 0 Å². The summed E-state index contributed by atoms with van der Waals surface area (Å²) in [4.78, 5) is 14.2. The molecule has 1 aliphatic heterocycles. The fourth-order valence-electron chi connectivity index (χ4n) is 3.54. The summed E-state index contributed by atoms with van der Waals surface area (Å²) < 4.78 is 17.5. The lowest BCUT2D eigenvalue weighted by Gasteiger charge is -2.25. The van der Waals surface area contributed by atoms with E-state index in [2.05, 4.69) is 0 Å². The molecule has 0 radical (unpaired) electrons. The highest BCUT2D eigenvalue weighted by Gasteiger charge is 2.33. The summed E-state index contributed by atoms with van der Waals surface area (Å²) in [5.41, 5.74) is 3.19. The number of carbonyl (C=O) groups is 1. The lowest BCUT2D eigenvalue weighted by Crippen LogP contribution is -2.31. The Morgan fingerprint density at radius 2 is 1.50 bits per heavy atom. The van der Waals surface area contributed by atoms with Gasteiger partial charge in [0.05, 0.1) is 12.4 Å². The summed E-state index contributed by atoms with van der Waals surface area (Å²) >= 11 is 1.63. The monoisotopic (exact) mass is 449 g/mol. The number of ether oxygens (including phenoxy) is 3. The summed E-state index contributed by atoms with van der Waals surface area (Å²) in [6, 6.07) is 26.1. The van der Waals surface area contributed by atoms with Gasteiger partial charge < -0.3 is 19.1 Å². The molecule has 6 heteroatoms.